The molecule has 0 fully saturated rings. The lowest BCUT2D eigenvalue weighted by molar-refractivity contribution is 0.145. The van der Waals surface area contributed by atoms with Crippen LogP contribution in [0, 0.1) is 0 Å². The molecule has 0 amide bonds. The lowest BCUT2D eigenvalue weighted by Crippen LogP contribution is -2.23. The van der Waals surface area contributed by atoms with Gasteiger partial charge in [-0.1, -0.05) is 111 Å². The number of hydrogen-bond donors (Lipinski definition) is 0. The predicted octanol–water partition coefficient (Wildman–Crippen LogP) is 12.1. The van der Waals surface area contributed by atoms with Crippen molar-refractivity contribution in [3.63, 3.8) is 0 Å². The summed E-state index contributed by atoms with van der Waals surface area (Å²) in [6.07, 6.45) is 18.8. The SMILES string of the molecule is C=CC(OC(C=C)SC(c1ccc(Cl)cc1Cl)C(CCC)n1ccnc1)SC(c1ccc(Cl)cc1Cl)C(CCC)n1ccnc1. The summed E-state index contributed by atoms with van der Waals surface area (Å²) >= 11 is 29.6. The largest absolute Gasteiger partial charge is 0.345 e. The molecule has 2 aromatic heterocycles. The van der Waals surface area contributed by atoms with Gasteiger partial charge in [0, 0.05) is 44.9 Å². The molecule has 2 heterocycles. The highest BCUT2D eigenvalue weighted by Crippen LogP contribution is 2.50. The molecule has 4 aromatic rings. The van der Waals surface area contributed by atoms with Gasteiger partial charge in [0.05, 0.1) is 35.2 Å². The van der Waals surface area contributed by atoms with Crippen molar-refractivity contribution in [3.8, 4) is 0 Å². The Morgan fingerprint density at radius 3 is 1.47 bits per heavy atom. The van der Waals surface area contributed by atoms with E-state index in [4.69, 9.17) is 51.1 Å². The summed E-state index contributed by atoms with van der Waals surface area (Å²) in [5.41, 5.74) is 1.18. The third-order valence-corrected chi connectivity index (χ3v) is 11.4. The van der Waals surface area contributed by atoms with Crippen molar-refractivity contribution in [2.45, 2.75) is 73.0 Å². The zero-order valence-corrected chi connectivity index (χ0v) is 30.0. The maximum Gasteiger partial charge on any atom is 0.123 e. The molecule has 0 aliphatic carbocycles. The second-order valence-electron chi connectivity index (χ2n) is 10.5. The van der Waals surface area contributed by atoms with Gasteiger partial charge in [0.25, 0.3) is 0 Å². The molecule has 0 bridgehead atoms. The molecule has 0 saturated carbocycles. The van der Waals surface area contributed by atoms with Crippen LogP contribution in [0.4, 0.5) is 0 Å². The Morgan fingerprint density at radius 1 is 0.733 bits per heavy atom. The van der Waals surface area contributed by atoms with Gasteiger partial charge in [-0.3, -0.25) is 0 Å². The molecule has 0 saturated heterocycles. The van der Waals surface area contributed by atoms with Crippen LogP contribution >= 0.6 is 69.9 Å². The predicted molar refractivity (Wildman–Crippen MR) is 195 cm³/mol. The van der Waals surface area contributed by atoms with Gasteiger partial charge in [-0.25, -0.2) is 9.97 Å². The van der Waals surface area contributed by atoms with Crippen molar-refractivity contribution >= 4 is 69.9 Å². The standard InChI is InChI=1S/C34H38Cl4N4OS2/c1-5-9-29(41-17-15-39-21-41)33(25-13-11-23(35)19-27(25)37)44-31(7-3)43-32(8-4)45-34(26-14-12-24(36)20-28(26)38)30(10-6-2)42-18-16-40-22-42/h7-8,11-22,29-34H,3-6,9-10H2,1-2H3. The lowest BCUT2D eigenvalue weighted by Gasteiger charge is -2.34. The molecular formula is C34H38Cl4N4OS2. The van der Waals surface area contributed by atoms with E-state index in [0.29, 0.717) is 20.1 Å². The molecule has 0 N–H and O–H groups in total. The summed E-state index contributed by atoms with van der Waals surface area (Å²) in [5, 5.41) is 2.24. The second-order valence-corrected chi connectivity index (χ2v) is 14.7. The average Bonchev–Trinajstić information content (AvgIpc) is 3.75. The van der Waals surface area contributed by atoms with Gasteiger partial charge in [0.15, 0.2) is 0 Å². The fourth-order valence-electron chi connectivity index (χ4n) is 5.35. The number of ether oxygens (including phenoxy) is 1. The summed E-state index contributed by atoms with van der Waals surface area (Å²) < 4.78 is 11.1. The van der Waals surface area contributed by atoms with Crippen molar-refractivity contribution in [1.29, 1.82) is 0 Å². The van der Waals surface area contributed by atoms with Crippen LogP contribution in [0.3, 0.4) is 0 Å². The molecule has 11 heteroatoms. The Bertz CT molecular complexity index is 1390. The van der Waals surface area contributed by atoms with Crippen molar-refractivity contribution in [1.82, 2.24) is 19.1 Å². The van der Waals surface area contributed by atoms with Crippen LogP contribution in [0.15, 0.2) is 99.2 Å². The molecule has 2 aromatic carbocycles. The molecule has 6 unspecified atom stereocenters. The summed E-state index contributed by atoms with van der Waals surface area (Å²) in [6.45, 7) is 12.7. The van der Waals surface area contributed by atoms with E-state index < -0.39 is 0 Å². The molecule has 0 radical (unpaired) electrons. The van der Waals surface area contributed by atoms with Gasteiger partial charge >= 0.3 is 0 Å². The van der Waals surface area contributed by atoms with Crippen LogP contribution in [0.1, 0.15) is 73.2 Å². The Labute approximate surface area is 295 Å². The fraction of sp³-hybridized carbons (Fsp3) is 0.353. The molecule has 240 valence electrons. The van der Waals surface area contributed by atoms with E-state index in [2.05, 4.69) is 46.1 Å². The van der Waals surface area contributed by atoms with E-state index in [1.54, 1.807) is 48.1 Å². The van der Waals surface area contributed by atoms with Gasteiger partial charge in [-0.15, -0.1) is 23.5 Å². The number of thioether (sulfide) groups is 2. The summed E-state index contributed by atoms with van der Waals surface area (Å²) in [4.78, 5) is 8.66. The van der Waals surface area contributed by atoms with Gasteiger partial charge in [0.2, 0.25) is 0 Å². The summed E-state index contributed by atoms with van der Waals surface area (Å²) in [6, 6.07) is 11.5. The Kier molecular flexibility index (Phi) is 14.3. The van der Waals surface area contributed by atoms with Crippen LogP contribution in [0.2, 0.25) is 20.1 Å². The molecule has 45 heavy (non-hydrogen) atoms. The zero-order chi connectivity index (χ0) is 32.3. The van der Waals surface area contributed by atoms with Crippen molar-refractivity contribution in [2.75, 3.05) is 0 Å². The first-order chi connectivity index (χ1) is 21.8. The topological polar surface area (TPSA) is 44.9 Å². The quantitative estimate of drug-likeness (QED) is 0.0755. The van der Waals surface area contributed by atoms with Crippen LogP contribution in [-0.4, -0.2) is 30.0 Å². The monoisotopic (exact) mass is 722 g/mol. The van der Waals surface area contributed by atoms with Gasteiger partial charge in [-0.05, 0) is 48.2 Å². The van der Waals surface area contributed by atoms with E-state index in [1.807, 2.05) is 61.5 Å². The third-order valence-electron chi connectivity index (χ3n) is 7.44. The number of rotatable bonds is 18. The number of imidazole rings is 2. The molecule has 0 aliphatic heterocycles. The van der Waals surface area contributed by atoms with Crippen molar-refractivity contribution in [2.24, 2.45) is 0 Å². The summed E-state index contributed by atoms with van der Waals surface area (Å²) in [5.74, 6) is 0. The first-order valence-corrected chi connectivity index (χ1v) is 18.3. The normalized spacial score (nSPS) is 15.6. The molecular weight excluding hydrogens is 686 g/mol. The highest BCUT2D eigenvalue weighted by atomic mass is 35.5. The molecule has 0 spiro atoms. The fourth-order valence-corrected chi connectivity index (χ4v) is 9.39. The zero-order valence-electron chi connectivity index (χ0n) is 25.3. The Morgan fingerprint density at radius 2 is 1.16 bits per heavy atom. The minimum atomic E-state index is -0.390. The maximum absolute atomic E-state index is 6.83. The first kappa shape index (κ1) is 36.0. The lowest BCUT2D eigenvalue weighted by atomic mass is 10.0. The minimum Gasteiger partial charge on any atom is -0.345 e. The number of halogens is 4. The van der Waals surface area contributed by atoms with Crippen LogP contribution in [0.25, 0.3) is 0 Å². The van der Waals surface area contributed by atoms with E-state index in [1.165, 1.54) is 0 Å². The number of nitrogens with zero attached hydrogens (tertiary/aromatic N) is 4. The minimum absolute atomic E-state index is 0.0675. The Balaban J connectivity index is 1.67. The van der Waals surface area contributed by atoms with Gasteiger partial charge in [0.1, 0.15) is 10.9 Å². The van der Waals surface area contributed by atoms with Crippen molar-refractivity contribution in [3.05, 3.63) is 130 Å². The van der Waals surface area contributed by atoms with Gasteiger partial charge < -0.3 is 13.9 Å². The summed E-state index contributed by atoms with van der Waals surface area (Å²) in [7, 11) is 0. The molecule has 5 nitrogen and oxygen atoms in total. The third kappa shape index (κ3) is 9.60. The average molecular weight is 725 g/mol. The number of hydrogen-bond acceptors (Lipinski definition) is 5. The number of benzene rings is 2. The highest BCUT2D eigenvalue weighted by Gasteiger charge is 2.33. The van der Waals surface area contributed by atoms with Crippen LogP contribution in [-0.2, 0) is 4.74 Å². The van der Waals surface area contributed by atoms with E-state index in [9.17, 15) is 0 Å². The second kappa shape index (κ2) is 17.9. The number of aromatic nitrogens is 4. The first-order valence-electron chi connectivity index (χ1n) is 14.9. The van der Waals surface area contributed by atoms with Crippen LogP contribution < -0.4 is 0 Å². The molecule has 6 atom stereocenters. The molecule has 0 aliphatic rings. The maximum atomic E-state index is 6.83. The van der Waals surface area contributed by atoms with E-state index in [0.717, 1.165) is 36.8 Å². The molecule has 4 rings (SSSR count). The highest BCUT2D eigenvalue weighted by molar-refractivity contribution is 8.01. The van der Waals surface area contributed by atoms with E-state index >= 15 is 0 Å². The van der Waals surface area contributed by atoms with Crippen LogP contribution in [0.5, 0.6) is 0 Å². The smallest absolute Gasteiger partial charge is 0.123 e. The van der Waals surface area contributed by atoms with Gasteiger partial charge in [-0.2, -0.15) is 0 Å². The van der Waals surface area contributed by atoms with Crippen molar-refractivity contribution < 1.29 is 4.74 Å². The Hall–Kier alpha value is -1.84. The van der Waals surface area contributed by atoms with E-state index in [-0.39, 0.29) is 33.5 Å².